The van der Waals surface area contributed by atoms with E-state index in [4.69, 9.17) is 9.66 Å². The lowest BCUT2D eigenvalue weighted by atomic mass is 10.4. The maximum atomic E-state index is 10.7. The Kier molecular flexibility index (Phi) is 5.10. The molecule has 0 aromatic carbocycles. The Morgan fingerprint density at radius 2 is 1.79 bits per heavy atom. The molecule has 0 fully saturated rings. The Bertz CT molecular complexity index is 304. The predicted octanol–water partition coefficient (Wildman–Crippen LogP) is -0.718. The van der Waals surface area contributed by atoms with Crippen LogP contribution in [0.5, 0.6) is 0 Å². The molecule has 2 N–H and O–H groups in total. The highest BCUT2D eigenvalue weighted by Gasteiger charge is 2.10. The molecule has 0 heterocycles. The molecule has 0 radical (unpaired) electrons. The number of carbonyl (C=O) groups is 2. The first-order valence-corrected chi connectivity index (χ1v) is 5.25. The molecule has 82 valence electrons. The molecule has 0 amide bonds. The van der Waals surface area contributed by atoms with Gasteiger partial charge in [0.1, 0.15) is 6.61 Å². The monoisotopic (exact) mass is 226 g/mol. The molecule has 0 unspecified atom stereocenters. The first-order chi connectivity index (χ1) is 6.31. The van der Waals surface area contributed by atoms with Crippen molar-refractivity contribution in [1.29, 1.82) is 0 Å². The number of carboxylic acids is 1. The second kappa shape index (κ2) is 5.55. The van der Waals surface area contributed by atoms with Crippen LogP contribution in [-0.2, 0) is 24.4 Å². The van der Waals surface area contributed by atoms with E-state index in [0.29, 0.717) is 0 Å². The quantitative estimate of drug-likeness (QED) is 0.453. The summed E-state index contributed by atoms with van der Waals surface area (Å²) in [6.07, 6.45) is -0.823. The van der Waals surface area contributed by atoms with E-state index in [-0.39, 0.29) is 13.0 Å². The summed E-state index contributed by atoms with van der Waals surface area (Å²) in [5, 5.41) is 8.16. The predicted molar refractivity (Wildman–Crippen MR) is 44.2 cm³/mol. The number of carbonyl (C=O) groups excluding carboxylic acids is 1. The van der Waals surface area contributed by atoms with Crippen molar-refractivity contribution in [3.8, 4) is 0 Å². The summed E-state index contributed by atoms with van der Waals surface area (Å²) < 4.78 is 32.9. The highest BCUT2D eigenvalue weighted by molar-refractivity contribution is 7.85. The van der Waals surface area contributed by atoms with Gasteiger partial charge in [0.15, 0.2) is 0 Å². The van der Waals surface area contributed by atoms with Gasteiger partial charge in [0.25, 0.3) is 10.1 Å². The zero-order valence-electron chi connectivity index (χ0n) is 7.17. The smallest absolute Gasteiger partial charge is 0.306 e. The molecule has 0 rings (SSSR count). The molecule has 0 atom stereocenters. The Morgan fingerprint density at radius 3 is 2.21 bits per heavy atom. The second-order valence-electron chi connectivity index (χ2n) is 2.40. The molecular formula is C6H10O7S. The molecule has 0 saturated carbocycles. The fraction of sp³-hybridized carbons (Fsp3) is 0.667. The summed E-state index contributed by atoms with van der Waals surface area (Å²) >= 11 is 0. The Labute approximate surface area is 80.4 Å². The van der Waals surface area contributed by atoms with Gasteiger partial charge in [0.05, 0.1) is 18.6 Å². The van der Waals surface area contributed by atoms with Crippen LogP contribution in [0, 0.1) is 0 Å². The van der Waals surface area contributed by atoms with E-state index in [1.54, 1.807) is 0 Å². The van der Waals surface area contributed by atoms with E-state index in [2.05, 4.69) is 4.74 Å². The van der Waals surface area contributed by atoms with Crippen LogP contribution in [0.3, 0.4) is 0 Å². The highest BCUT2D eigenvalue weighted by Crippen LogP contribution is 1.93. The maximum Gasteiger partial charge on any atom is 0.306 e. The number of esters is 1. The molecule has 0 aromatic rings. The maximum absolute atomic E-state index is 10.7. The SMILES string of the molecule is O=C(O)CCOC(=O)CCS(=O)(=O)O. The van der Waals surface area contributed by atoms with Crippen LogP contribution < -0.4 is 0 Å². The van der Waals surface area contributed by atoms with Gasteiger partial charge in [-0.1, -0.05) is 0 Å². The lowest BCUT2D eigenvalue weighted by molar-refractivity contribution is -0.146. The van der Waals surface area contributed by atoms with Crippen molar-refractivity contribution < 1.29 is 32.4 Å². The lowest BCUT2D eigenvalue weighted by Gasteiger charge is -2.01. The van der Waals surface area contributed by atoms with Crippen LogP contribution in [-0.4, -0.2) is 42.4 Å². The minimum atomic E-state index is -4.18. The molecule has 0 aliphatic heterocycles. The third-order valence-electron chi connectivity index (χ3n) is 1.14. The van der Waals surface area contributed by atoms with Gasteiger partial charge in [-0.25, -0.2) is 0 Å². The molecule has 8 heteroatoms. The number of carboxylic acid groups (broad SMARTS) is 1. The van der Waals surface area contributed by atoms with Crippen LogP contribution in [0.2, 0.25) is 0 Å². The standard InChI is InChI=1S/C6H10O7S/c7-5(8)1-3-13-6(9)2-4-14(10,11)12/h1-4H2,(H,7,8)(H,10,11,12). The third-order valence-corrected chi connectivity index (χ3v) is 1.86. The number of hydrogen-bond donors (Lipinski definition) is 2. The summed E-state index contributed by atoms with van der Waals surface area (Å²) in [4.78, 5) is 20.7. The molecule has 0 bridgehead atoms. The van der Waals surface area contributed by atoms with E-state index in [9.17, 15) is 18.0 Å². The number of ether oxygens (including phenoxy) is 1. The zero-order chi connectivity index (χ0) is 11.2. The van der Waals surface area contributed by atoms with Crippen molar-refractivity contribution in [2.75, 3.05) is 12.4 Å². The Hall–Kier alpha value is -1.15. The number of rotatable bonds is 6. The molecule has 7 nitrogen and oxygen atoms in total. The molecule has 0 aliphatic rings. The van der Waals surface area contributed by atoms with Crippen LogP contribution >= 0.6 is 0 Å². The first kappa shape index (κ1) is 12.8. The van der Waals surface area contributed by atoms with Crippen molar-refractivity contribution in [2.45, 2.75) is 12.8 Å². The van der Waals surface area contributed by atoms with E-state index >= 15 is 0 Å². The van der Waals surface area contributed by atoms with Gasteiger partial charge in [0, 0.05) is 0 Å². The van der Waals surface area contributed by atoms with Crippen molar-refractivity contribution in [3.63, 3.8) is 0 Å². The van der Waals surface area contributed by atoms with Gasteiger partial charge >= 0.3 is 11.9 Å². The fourth-order valence-electron chi connectivity index (χ4n) is 0.537. The largest absolute Gasteiger partial charge is 0.481 e. The molecule has 14 heavy (non-hydrogen) atoms. The lowest BCUT2D eigenvalue weighted by Crippen LogP contribution is -2.14. The normalized spacial score (nSPS) is 10.9. The summed E-state index contributed by atoms with van der Waals surface area (Å²) in [7, 11) is -4.18. The highest BCUT2D eigenvalue weighted by atomic mass is 32.2. The summed E-state index contributed by atoms with van der Waals surface area (Å²) in [6, 6.07) is 0. The second-order valence-corrected chi connectivity index (χ2v) is 3.97. The fourth-order valence-corrected chi connectivity index (χ4v) is 0.961. The summed E-state index contributed by atoms with van der Waals surface area (Å²) in [5.74, 6) is -2.70. The van der Waals surface area contributed by atoms with E-state index in [0.717, 1.165) is 0 Å². The van der Waals surface area contributed by atoms with Gasteiger partial charge in [-0.2, -0.15) is 8.42 Å². The van der Waals surface area contributed by atoms with Gasteiger partial charge in [0.2, 0.25) is 0 Å². The van der Waals surface area contributed by atoms with Crippen LogP contribution in [0.1, 0.15) is 12.8 Å². The first-order valence-electron chi connectivity index (χ1n) is 3.64. The molecule has 0 saturated heterocycles. The Morgan fingerprint density at radius 1 is 1.21 bits per heavy atom. The summed E-state index contributed by atoms with van der Waals surface area (Å²) in [6.45, 7) is -0.306. The van der Waals surface area contributed by atoms with Gasteiger partial charge in [-0.15, -0.1) is 0 Å². The number of aliphatic carboxylic acids is 1. The van der Waals surface area contributed by atoms with Crippen molar-refractivity contribution in [2.24, 2.45) is 0 Å². The van der Waals surface area contributed by atoms with Gasteiger partial charge < -0.3 is 9.84 Å². The molecular weight excluding hydrogens is 216 g/mol. The third kappa shape index (κ3) is 8.94. The van der Waals surface area contributed by atoms with Crippen molar-refractivity contribution in [1.82, 2.24) is 0 Å². The van der Waals surface area contributed by atoms with Crippen LogP contribution in [0.25, 0.3) is 0 Å². The van der Waals surface area contributed by atoms with E-state index < -0.39 is 34.2 Å². The molecule has 0 aromatic heterocycles. The van der Waals surface area contributed by atoms with Gasteiger partial charge in [-0.3, -0.25) is 14.1 Å². The molecule has 0 aliphatic carbocycles. The van der Waals surface area contributed by atoms with Crippen molar-refractivity contribution >= 4 is 22.1 Å². The molecule has 0 spiro atoms. The Balaban J connectivity index is 3.62. The summed E-state index contributed by atoms with van der Waals surface area (Å²) in [5.41, 5.74) is 0. The minimum absolute atomic E-state index is 0.306. The number of hydrogen-bond acceptors (Lipinski definition) is 5. The zero-order valence-corrected chi connectivity index (χ0v) is 7.99. The van der Waals surface area contributed by atoms with E-state index in [1.807, 2.05) is 0 Å². The average Bonchev–Trinajstić information content (AvgIpc) is 1.99. The van der Waals surface area contributed by atoms with Crippen LogP contribution in [0.4, 0.5) is 0 Å². The minimum Gasteiger partial charge on any atom is -0.481 e. The van der Waals surface area contributed by atoms with Crippen LogP contribution in [0.15, 0.2) is 0 Å². The van der Waals surface area contributed by atoms with Gasteiger partial charge in [-0.05, 0) is 0 Å². The van der Waals surface area contributed by atoms with E-state index in [1.165, 1.54) is 0 Å². The average molecular weight is 226 g/mol. The topological polar surface area (TPSA) is 118 Å². The van der Waals surface area contributed by atoms with Crippen molar-refractivity contribution in [3.05, 3.63) is 0 Å².